The van der Waals surface area contributed by atoms with Gasteiger partial charge in [0.1, 0.15) is 12.4 Å². The first kappa shape index (κ1) is 26.5. The topological polar surface area (TPSA) is 48.0 Å². The highest BCUT2D eigenvalue weighted by Crippen LogP contribution is 2.39. The summed E-state index contributed by atoms with van der Waals surface area (Å²) in [6.45, 7) is 2.84. The van der Waals surface area contributed by atoms with Crippen LogP contribution in [0.25, 0.3) is 16.8 Å². The molecule has 0 aliphatic carbocycles. The maximum absolute atomic E-state index is 13.3. The Morgan fingerprint density at radius 2 is 1.76 bits per heavy atom. The summed E-state index contributed by atoms with van der Waals surface area (Å²) in [5.74, 6) is 1.88. The van der Waals surface area contributed by atoms with E-state index < -0.39 is 0 Å². The van der Waals surface area contributed by atoms with Crippen molar-refractivity contribution >= 4 is 79.3 Å². The zero-order chi connectivity index (χ0) is 26.6. The van der Waals surface area contributed by atoms with Gasteiger partial charge in [-0.15, -0.1) is 0 Å². The number of methoxy groups -OCH3 is 1. The van der Waals surface area contributed by atoms with E-state index in [2.05, 4.69) is 46.9 Å². The predicted octanol–water partition coefficient (Wildman–Crippen LogP) is 7.84. The van der Waals surface area contributed by atoms with E-state index in [1.54, 1.807) is 12.0 Å². The predicted molar refractivity (Wildman–Crippen MR) is 167 cm³/mol. The van der Waals surface area contributed by atoms with Gasteiger partial charge in [-0.1, -0.05) is 66.4 Å². The molecule has 1 heterocycles. The molecule has 0 aromatic heterocycles. The third-order valence-corrected chi connectivity index (χ3v) is 8.11. The molecule has 1 fully saturated rings. The average molecular weight is 654 g/mol. The van der Waals surface area contributed by atoms with Crippen molar-refractivity contribution in [1.82, 2.24) is 0 Å². The number of amides is 1. The van der Waals surface area contributed by atoms with Crippen molar-refractivity contribution in [3.05, 3.63) is 98.5 Å². The summed E-state index contributed by atoms with van der Waals surface area (Å²) in [6, 6.07) is 25.7. The third kappa shape index (κ3) is 5.52. The van der Waals surface area contributed by atoms with Gasteiger partial charge in [-0.3, -0.25) is 9.69 Å². The van der Waals surface area contributed by atoms with Gasteiger partial charge in [-0.05, 0) is 93.9 Å². The molecule has 1 saturated heterocycles. The van der Waals surface area contributed by atoms with E-state index in [1.165, 1.54) is 22.5 Å². The average Bonchev–Trinajstić information content (AvgIpc) is 3.20. The Hall–Kier alpha value is -3.08. The van der Waals surface area contributed by atoms with Gasteiger partial charge < -0.3 is 14.2 Å². The van der Waals surface area contributed by atoms with E-state index in [-0.39, 0.29) is 5.91 Å². The van der Waals surface area contributed by atoms with Gasteiger partial charge in [0.15, 0.2) is 15.8 Å². The standard InChI is InChI=1S/C30H24INO4S2/c1-3-35-26-16-19(17-27-29(33)32(30(37)38-27)22-11-13-23(34-2)14-12-22)15-25(31)28(26)36-18-21-9-6-8-20-7-4-5-10-24(20)21/h4-17H,3,18H2,1-2H3/b27-17-. The minimum absolute atomic E-state index is 0.158. The van der Waals surface area contributed by atoms with Crippen molar-refractivity contribution in [2.75, 3.05) is 18.6 Å². The third-order valence-electron chi connectivity index (χ3n) is 6.01. The van der Waals surface area contributed by atoms with Crippen LogP contribution in [-0.2, 0) is 11.4 Å². The highest BCUT2D eigenvalue weighted by Gasteiger charge is 2.33. The van der Waals surface area contributed by atoms with Crippen LogP contribution in [0, 0.1) is 3.57 Å². The van der Waals surface area contributed by atoms with Gasteiger partial charge in [-0.25, -0.2) is 0 Å². The van der Waals surface area contributed by atoms with E-state index in [1.807, 2.05) is 67.6 Å². The maximum atomic E-state index is 13.3. The van der Waals surface area contributed by atoms with Crippen molar-refractivity contribution in [2.45, 2.75) is 13.5 Å². The molecule has 0 N–H and O–H groups in total. The van der Waals surface area contributed by atoms with Crippen LogP contribution in [0.15, 0.2) is 83.8 Å². The lowest BCUT2D eigenvalue weighted by atomic mass is 10.1. The Morgan fingerprint density at radius 3 is 2.53 bits per heavy atom. The quantitative estimate of drug-likeness (QED) is 0.110. The monoisotopic (exact) mass is 653 g/mol. The molecule has 0 atom stereocenters. The minimum Gasteiger partial charge on any atom is -0.497 e. The van der Waals surface area contributed by atoms with Crippen molar-refractivity contribution in [2.24, 2.45) is 0 Å². The number of carbonyl (C=O) groups is 1. The second-order valence-corrected chi connectivity index (χ2v) is 11.2. The fourth-order valence-electron chi connectivity index (χ4n) is 4.22. The molecule has 5 nitrogen and oxygen atoms in total. The van der Waals surface area contributed by atoms with Crippen LogP contribution in [0.1, 0.15) is 18.1 Å². The lowest BCUT2D eigenvalue weighted by Crippen LogP contribution is -2.27. The number of halogens is 1. The summed E-state index contributed by atoms with van der Waals surface area (Å²) < 4.78 is 18.9. The SMILES string of the molecule is CCOc1cc(/C=C2\SC(=S)N(c3ccc(OC)cc3)C2=O)cc(I)c1OCc1cccc2ccccc12. The lowest BCUT2D eigenvalue weighted by Gasteiger charge is -2.16. The Kier molecular flexibility index (Phi) is 8.21. The van der Waals surface area contributed by atoms with Gasteiger partial charge in [0, 0.05) is 0 Å². The molecule has 5 rings (SSSR count). The number of hydrogen-bond donors (Lipinski definition) is 0. The van der Waals surface area contributed by atoms with Crippen molar-refractivity contribution in [1.29, 1.82) is 0 Å². The first-order chi connectivity index (χ1) is 18.5. The number of nitrogens with zero attached hydrogens (tertiary/aromatic N) is 1. The van der Waals surface area contributed by atoms with Crippen molar-refractivity contribution in [3.63, 3.8) is 0 Å². The summed E-state index contributed by atoms with van der Waals surface area (Å²) in [7, 11) is 1.61. The Morgan fingerprint density at radius 1 is 1.00 bits per heavy atom. The van der Waals surface area contributed by atoms with Crippen LogP contribution in [0.4, 0.5) is 5.69 Å². The molecular weight excluding hydrogens is 629 g/mol. The lowest BCUT2D eigenvalue weighted by molar-refractivity contribution is -0.113. The molecular formula is C30H24INO4S2. The van der Waals surface area contributed by atoms with Crippen LogP contribution in [0.5, 0.6) is 17.2 Å². The normalized spacial score (nSPS) is 14.4. The molecule has 38 heavy (non-hydrogen) atoms. The van der Waals surface area contributed by atoms with Gasteiger partial charge in [0.2, 0.25) is 0 Å². The van der Waals surface area contributed by atoms with Crippen LogP contribution < -0.4 is 19.1 Å². The summed E-state index contributed by atoms with van der Waals surface area (Å²) in [5, 5.41) is 2.34. The molecule has 0 radical (unpaired) electrons. The molecule has 0 saturated carbocycles. The van der Waals surface area contributed by atoms with Gasteiger partial charge in [0.05, 0.1) is 27.9 Å². The molecule has 0 spiro atoms. The molecule has 4 aromatic rings. The number of ether oxygens (including phenoxy) is 3. The fraction of sp³-hybridized carbons (Fsp3) is 0.133. The van der Waals surface area contributed by atoms with E-state index in [0.29, 0.717) is 39.6 Å². The smallest absolute Gasteiger partial charge is 0.270 e. The summed E-state index contributed by atoms with van der Waals surface area (Å²) in [6.07, 6.45) is 1.85. The van der Waals surface area contributed by atoms with E-state index in [9.17, 15) is 4.79 Å². The van der Waals surface area contributed by atoms with Crippen LogP contribution >= 0.6 is 46.6 Å². The number of rotatable bonds is 8. The Bertz CT molecular complexity index is 1550. The molecule has 1 aliphatic heterocycles. The first-order valence-corrected chi connectivity index (χ1v) is 14.3. The molecule has 1 amide bonds. The number of benzene rings is 4. The minimum atomic E-state index is -0.158. The number of thioether (sulfide) groups is 1. The second-order valence-electron chi connectivity index (χ2n) is 8.41. The van der Waals surface area contributed by atoms with Crippen molar-refractivity contribution in [3.8, 4) is 17.2 Å². The molecule has 4 aromatic carbocycles. The van der Waals surface area contributed by atoms with Crippen LogP contribution in [-0.4, -0.2) is 23.9 Å². The first-order valence-electron chi connectivity index (χ1n) is 12.0. The molecule has 8 heteroatoms. The zero-order valence-corrected chi connectivity index (χ0v) is 24.6. The van der Waals surface area contributed by atoms with Crippen LogP contribution in [0.2, 0.25) is 0 Å². The molecule has 1 aliphatic rings. The number of hydrogen-bond acceptors (Lipinski definition) is 6. The van der Waals surface area contributed by atoms with E-state index in [4.69, 9.17) is 26.4 Å². The second kappa shape index (κ2) is 11.8. The maximum Gasteiger partial charge on any atom is 0.270 e. The summed E-state index contributed by atoms with van der Waals surface area (Å²) in [5.41, 5.74) is 2.65. The number of carbonyl (C=O) groups excluding carboxylic acids is 1. The molecule has 192 valence electrons. The van der Waals surface area contributed by atoms with E-state index >= 15 is 0 Å². The number of fused-ring (bicyclic) bond motifs is 1. The van der Waals surface area contributed by atoms with Crippen molar-refractivity contribution < 1.29 is 19.0 Å². The number of anilines is 1. The van der Waals surface area contributed by atoms with Gasteiger partial charge in [-0.2, -0.15) is 0 Å². The van der Waals surface area contributed by atoms with Gasteiger partial charge >= 0.3 is 0 Å². The largest absolute Gasteiger partial charge is 0.497 e. The molecule has 0 bridgehead atoms. The van der Waals surface area contributed by atoms with E-state index in [0.717, 1.165) is 20.4 Å². The Balaban J connectivity index is 1.41. The molecule has 0 unspecified atom stereocenters. The summed E-state index contributed by atoms with van der Waals surface area (Å²) >= 11 is 9.07. The Labute approximate surface area is 244 Å². The fourth-order valence-corrected chi connectivity index (χ4v) is 6.30. The summed E-state index contributed by atoms with van der Waals surface area (Å²) in [4.78, 5) is 15.4. The highest BCUT2D eigenvalue weighted by atomic mass is 127. The highest BCUT2D eigenvalue weighted by molar-refractivity contribution is 14.1. The zero-order valence-electron chi connectivity index (χ0n) is 20.8. The van der Waals surface area contributed by atoms with Crippen LogP contribution in [0.3, 0.4) is 0 Å². The number of thiocarbonyl (C=S) groups is 1. The van der Waals surface area contributed by atoms with Gasteiger partial charge in [0.25, 0.3) is 5.91 Å².